The monoisotopic (exact) mass is 378 g/mol. The summed E-state index contributed by atoms with van der Waals surface area (Å²) in [5.74, 6) is 2.80. The Labute approximate surface area is 167 Å². The van der Waals surface area contributed by atoms with Crippen LogP contribution in [0.15, 0.2) is 42.0 Å². The molecule has 148 valence electrons. The summed E-state index contributed by atoms with van der Waals surface area (Å²) in [4.78, 5) is 24.4. The normalized spacial score (nSPS) is 42.0. The van der Waals surface area contributed by atoms with E-state index in [4.69, 9.17) is 4.74 Å². The molecule has 5 rings (SSSR count). The molecule has 4 aliphatic carbocycles. The molecule has 0 aliphatic heterocycles. The van der Waals surface area contributed by atoms with Crippen LogP contribution in [0.1, 0.15) is 58.3 Å². The van der Waals surface area contributed by atoms with Crippen molar-refractivity contribution in [1.82, 2.24) is 0 Å². The van der Waals surface area contributed by atoms with Crippen LogP contribution in [0.5, 0.6) is 5.75 Å². The molecule has 1 aromatic carbocycles. The lowest BCUT2D eigenvalue weighted by Gasteiger charge is -2.57. The van der Waals surface area contributed by atoms with Crippen LogP contribution < -0.4 is 4.74 Å². The van der Waals surface area contributed by atoms with Crippen molar-refractivity contribution in [2.24, 2.45) is 28.6 Å². The smallest absolute Gasteiger partial charge is 0.155 e. The molecule has 3 nitrogen and oxygen atoms in total. The Balaban J connectivity index is 1.43. The summed E-state index contributed by atoms with van der Waals surface area (Å²) in [6, 6.07) is 10.2. The van der Waals surface area contributed by atoms with Gasteiger partial charge in [0, 0.05) is 11.8 Å². The number of carbonyl (C=O) groups excluding carboxylic acids is 2. The molecule has 0 heterocycles. The molecule has 28 heavy (non-hydrogen) atoms. The van der Waals surface area contributed by atoms with Gasteiger partial charge in [0.25, 0.3) is 0 Å². The average Bonchev–Trinajstić information content (AvgIpc) is 3.05. The van der Waals surface area contributed by atoms with Crippen molar-refractivity contribution in [3.8, 4) is 5.75 Å². The Morgan fingerprint density at radius 3 is 2.61 bits per heavy atom. The van der Waals surface area contributed by atoms with E-state index in [1.54, 1.807) is 0 Å². The minimum absolute atomic E-state index is 0.187. The van der Waals surface area contributed by atoms with Crippen molar-refractivity contribution in [1.29, 1.82) is 0 Å². The van der Waals surface area contributed by atoms with E-state index in [2.05, 4.69) is 19.1 Å². The molecule has 3 heteroatoms. The van der Waals surface area contributed by atoms with Crippen LogP contribution in [0.4, 0.5) is 0 Å². The Bertz CT molecular complexity index is 812. The highest BCUT2D eigenvalue weighted by molar-refractivity contribution is 5.93. The summed E-state index contributed by atoms with van der Waals surface area (Å²) in [5.41, 5.74) is 0.960. The highest BCUT2D eigenvalue weighted by Crippen LogP contribution is 2.65. The van der Waals surface area contributed by atoms with Gasteiger partial charge in [0.1, 0.15) is 18.1 Å². The van der Waals surface area contributed by atoms with Crippen LogP contribution in [0, 0.1) is 28.6 Å². The zero-order valence-electron chi connectivity index (χ0n) is 16.7. The number of ketones is 1. The summed E-state index contributed by atoms with van der Waals surface area (Å²) in [6.45, 7) is 2.43. The SMILES string of the molecule is CC12CCC3C(CCC4=CC(=O)CCC43C=O)C1CCC2Oc1ccccc1. The van der Waals surface area contributed by atoms with Crippen LogP contribution in [0.2, 0.25) is 0 Å². The van der Waals surface area contributed by atoms with Gasteiger partial charge in [-0.25, -0.2) is 0 Å². The minimum Gasteiger partial charge on any atom is -0.490 e. The quantitative estimate of drug-likeness (QED) is 0.684. The number of para-hydroxylation sites is 1. The lowest BCUT2D eigenvalue weighted by Crippen LogP contribution is -2.53. The number of benzene rings is 1. The molecule has 6 unspecified atom stereocenters. The highest BCUT2D eigenvalue weighted by Gasteiger charge is 2.61. The first-order valence-electron chi connectivity index (χ1n) is 11.0. The van der Waals surface area contributed by atoms with E-state index in [1.807, 2.05) is 24.3 Å². The van der Waals surface area contributed by atoms with E-state index in [-0.39, 0.29) is 22.7 Å². The third kappa shape index (κ3) is 2.54. The second-order valence-electron chi connectivity index (χ2n) is 9.75. The van der Waals surface area contributed by atoms with E-state index in [0.29, 0.717) is 24.2 Å². The number of ether oxygens (including phenoxy) is 1. The number of allylic oxidation sites excluding steroid dienone is 1. The third-order valence-electron chi connectivity index (χ3n) is 8.71. The number of rotatable bonds is 3. The van der Waals surface area contributed by atoms with Crippen molar-refractivity contribution in [3.63, 3.8) is 0 Å². The fourth-order valence-electron chi connectivity index (χ4n) is 7.30. The molecule has 3 fully saturated rings. The van der Waals surface area contributed by atoms with E-state index in [9.17, 15) is 9.59 Å². The maximum Gasteiger partial charge on any atom is 0.155 e. The fourth-order valence-corrected chi connectivity index (χ4v) is 7.30. The van der Waals surface area contributed by atoms with Gasteiger partial charge in [0.05, 0.1) is 5.41 Å². The second-order valence-corrected chi connectivity index (χ2v) is 9.75. The van der Waals surface area contributed by atoms with Crippen molar-refractivity contribution >= 4 is 12.1 Å². The maximum absolute atomic E-state index is 12.4. The molecule has 4 aliphatic rings. The molecule has 0 N–H and O–H groups in total. The summed E-state index contributed by atoms with van der Waals surface area (Å²) < 4.78 is 6.47. The molecular formula is C25H30O3. The first-order chi connectivity index (χ1) is 13.6. The molecular weight excluding hydrogens is 348 g/mol. The molecule has 1 aromatic rings. The number of hydrogen-bond acceptors (Lipinski definition) is 3. The molecule has 6 atom stereocenters. The Kier molecular flexibility index (Phi) is 4.26. The van der Waals surface area contributed by atoms with Crippen molar-refractivity contribution in [2.75, 3.05) is 0 Å². The fraction of sp³-hybridized carbons (Fsp3) is 0.600. The van der Waals surface area contributed by atoms with Gasteiger partial charge in [0.2, 0.25) is 0 Å². The van der Waals surface area contributed by atoms with Crippen LogP contribution in [0.3, 0.4) is 0 Å². The standard InChI is InChI=1S/C25H30O3/c1-24-13-12-22-20(8-7-17-15-18(27)11-14-25(17,22)16-26)21(24)9-10-23(24)28-19-5-3-2-4-6-19/h2-6,15-16,20-23H,7-14H2,1H3. The van der Waals surface area contributed by atoms with Gasteiger partial charge < -0.3 is 9.53 Å². The predicted octanol–water partition coefficient (Wildman–Crippen LogP) is 5.14. The molecule has 3 saturated carbocycles. The van der Waals surface area contributed by atoms with E-state index in [0.717, 1.165) is 49.8 Å². The zero-order chi connectivity index (χ0) is 19.4. The summed E-state index contributed by atoms with van der Waals surface area (Å²) in [7, 11) is 0. The summed E-state index contributed by atoms with van der Waals surface area (Å²) >= 11 is 0. The third-order valence-corrected chi connectivity index (χ3v) is 8.71. The number of carbonyl (C=O) groups is 2. The average molecular weight is 379 g/mol. The minimum atomic E-state index is -0.365. The van der Waals surface area contributed by atoms with Gasteiger partial charge in [0.15, 0.2) is 5.78 Å². The van der Waals surface area contributed by atoms with Gasteiger partial charge in [-0.05, 0) is 80.9 Å². The molecule has 0 aromatic heterocycles. The van der Waals surface area contributed by atoms with Crippen LogP contribution in [-0.4, -0.2) is 18.2 Å². The lowest BCUT2D eigenvalue weighted by atomic mass is 9.47. The first kappa shape index (κ1) is 18.1. The van der Waals surface area contributed by atoms with Gasteiger partial charge >= 0.3 is 0 Å². The number of aldehydes is 1. The molecule has 0 radical (unpaired) electrons. The van der Waals surface area contributed by atoms with Crippen LogP contribution in [-0.2, 0) is 9.59 Å². The topological polar surface area (TPSA) is 43.4 Å². The second kappa shape index (κ2) is 6.57. The Morgan fingerprint density at radius 1 is 1.00 bits per heavy atom. The lowest BCUT2D eigenvalue weighted by molar-refractivity contribution is -0.129. The van der Waals surface area contributed by atoms with Gasteiger partial charge in [-0.3, -0.25) is 4.79 Å². The van der Waals surface area contributed by atoms with E-state index < -0.39 is 0 Å². The van der Waals surface area contributed by atoms with Crippen LogP contribution in [0.25, 0.3) is 0 Å². The van der Waals surface area contributed by atoms with Gasteiger partial charge in [-0.2, -0.15) is 0 Å². The molecule has 0 spiro atoms. The Morgan fingerprint density at radius 2 is 1.82 bits per heavy atom. The van der Waals surface area contributed by atoms with Crippen molar-refractivity contribution in [3.05, 3.63) is 42.0 Å². The zero-order valence-corrected chi connectivity index (χ0v) is 16.7. The molecule has 0 saturated heterocycles. The number of fused-ring (bicyclic) bond motifs is 5. The van der Waals surface area contributed by atoms with E-state index >= 15 is 0 Å². The largest absolute Gasteiger partial charge is 0.490 e. The first-order valence-corrected chi connectivity index (χ1v) is 11.0. The highest BCUT2D eigenvalue weighted by atomic mass is 16.5. The Hall–Kier alpha value is -1.90. The van der Waals surface area contributed by atoms with Gasteiger partial charge in [-0.1, -0.05) is 30.7 Å². The number of hydrogen-bond donors (Lipinski definition) is 0. The van der Waals surface area contributed by atoms with Crippen molar-refractivity contribution < 1.29 is 14.3 Å². The predicted molar refractivity (Wildman–Crippen MR) is 108 cm³/mol. The summed E-state index contributed by atoms with van der Waals surface area (Å²) in [5, 5.41) is 0. The summed E-state index contributed by atoms with van der Waals surface area (Å²) in [6.07, 6.45) is 11.1. The van der Waals surface area contributed by atoms with E-state index in [1.165, 1.54) is 12.7 Å². The van der Waals surface area contributed by atoms with Gasteiger partial charge in [-0.15, -0.1) is 0 Å². The molecule has 0 bridgehead atoms. The van der Waals surface area contributed by atoms with Crippen molar-refractivity contribution in [2.45, 2.75) is 64.4 Å². The van der Waals surface area contributed by atoms with Crippen LogP contribution >= 0.6 is 0 Å². The maximum atomic E-state index is 12.4. The molecule has 0 amide bonds.